The second-order valence-electron chi connectivity index (χ2n) is 7.74. The average Bonchev–Trinajstić information content (AvgIpc) is 3.28. The number of halogens is 1. The molecule has 0 saturated carbocycles. The van der Waals surface area contributed by atoms with E-state index in [1.807, 2.05) is 30.9 Å². The number of likely N-dealkylation sites (tertiary alicyclic amines) is 1. The summed E-state index contributed by atoms with van der Waals surface area (Å²) in [6, 6.07) is 8.46. The third kappa shape index (κ3) is 4.55. The van der Waals surface area contributed by atoms with Crippen LogP contribution in [0.5, 0.6) is 0 Å². The Balaban J connectivity index is 1.40. The van der Waals surface area contributed by atoms with Crippen LogP contribution in [-0.4, -0.2) is 38.7 Å². The lowest BCUT2D eigenvalue weighted by Crippen LogP contribution is -2.41. The highest BCUT2D eigenvalue weighted by Gasteiger charge is 2.28. The Kier molecular flexibility index (Phi) is 5.47. The average molecular weight is 396 g/mol. The van der Waals surface area contributed by atoms with Gasteiger partial charge in [-0.1, -0.05) is 12.1 Å². The van der Waals surface area contributed by atoms with E-state index < -0.39 is 0 Å². The molecule has 0 spiro atoms. The van der Waals surface area contributed by atoms with Gasteiger partial charge in [-0.05, 0) is 50.5 Å². The molecule has 0 radical (unpaired) electrons. The van der Waals surface area contributed by atoms with E-state index in [-0.39, 0.29) is 24.2 Å². The topological polar surface area (TPSA) is 64.2 Å². The van der Waals surface area contributed by atoms with Gasteiger partial charge in [0, 0.05) is 25.2 Å². The lowest BCUT2D eigenvalue weighted by molar-refractivity contribution is -0.133. The molecule has 6 nitrogen and oxygen atoms in total. The summed E-state index contributed by atoms with van der Waals surface area (Å²) in [7, 11) is 0. The molecule has 1 aliphatic rings. The Morgan fingerprint density at radius 3 is 2.93 bits per heavy atom. The third-order valence-electron chi connectivity index (χ3n) is 5.35. The first kappa shape index (κ1) is 19.4. The second-order valence-corrected chi connectivity index (χ2v) is 7.74. The van der Waals surface area contributed by atoms with E-state index in [4.69, 9.17) is 4.42 Å². The van der Waals surface area contributed by atoms with E-state index in [0.717, 1.165) is 36.3 Å². The van der Waals surface area contributed by atoms with Crippen LogP contribution in [0.3, 0.4) is 0 Å². The number of rotatable bonds is 5. The Morgan fingerprint density at radius 1 is 1.31 bits per heavy atom. The van der Waals surface area contributed by atoms with Gasteiger partial charge in [-0.25, -0.2) is 9.37 Å². The number of aromatic nitrogens is 3. The summed E-state index contributed by atoms with van der Waals surface area (Å²) in [5.74, 6) is 1.24. The zero-order chi connectivity index (χ0) is 20.4. The molecular weight excluding hydrogens is 371 g/mol. The highest BCUT2D eigenvalue weighted by molar-refractivity contribution is 5.76. The summed E-state index contributed by atoms with van der Waals surface area (Å²) in [4.78, 5) is 19.1. The van der Waals surface area contributed by atoms with Crippen LogP contribution >= 0.6 is 0 Å². The maximum Gasteiger partial charge on any atom is 0.244 e. The summed E-state index contributed by atoms with van der Waals surface area (Å²) in [6.45, 7) is 5.47. The third-order valence-corrected chi connectivity index (χ3v) is 5.35. The number of benzene rings is 1. The number of nitrogens with zero attached hydrogens (tertiary/aromatic N) is 4. The molecule has 1 fully saturated rings. The van der Waals surface area contributed by atoms with E-state index >= 15 is 0 Å². The first-order chi connectivity index (χ1) is 14.0. The molecule has 1 atom stereocenters. The molecule has 0 N–H and O–H groups in total. The quantitative estimate of drug-likeness (QED) is 0.661. The highest BCUT2D eigenvalue weighted by Crippen LogP contribution is 2.27. The van der Waals surface area contributed by atoms with Crippen LogP contribution in [0.25, 0.3) is 0 Å². The molecule has 1 saturated heterocycles. The van der Waals surface area contributed by atoms with E-state index in [0.29, 0.717) is 24.6 Å². The summed E-state index contributed by atoms with van der Waals surface area (Å²) in [6.07, 6.45) is 4.05. The predicted octanol–water partition coefficient (Wildman–Crippen LogP) is 3.62. The molecule has 29 heavy (non-hydrogen) atoms. The van der Waals surface area contributed by atoms with Crippen molar-refractivity contribution in [1.29, 1.82) is 0 Å². The first-order valence-electron chi connectivity index (χ1n) is 9.96. The van der Waals surface area contributed by atoms with Crippen molar-refractivity contribution in [3.8, 4) is 0 Å². The molecule has 0 bridgehead atoms. The van der Waals surface area contributed by atoms with Crippen LogP contribution in [-0.2, 0) is 17.8 Å². The number of hydrogen-bond donors (Lipinski definition) is 0. The van der Waals surface area contributed by atoms with Crippen molar-refractivity contribution in [3.63, 3.8) is 0 Å². The molecule has 1 amide bonds. The second kappa shape index (κ2) is 8.19. The molecule has 2 aromatic heterocycles. The SMILES string of the molecule is Cc1cc(C)n(CC(=O)N2CCCC(c3ncc(Cc4cccc(F)c4)o3)C2)n1. The zero-order valence-electron chi connectivity index (χ0n) is 16.8. The van der Waals surface area contributed by atoms with Crippen LogP contribution in [0.15, 0.2) is 40.9 Å². The monoisotopic (exact) mass is 396 g/mol. The molecule has 1 aliphatic heterocycles. The number of piperidine rings is 1. The molecule has 1 aromatic carbocycles. The van der Waals surface area contributed by atoms with Gasteiger partial charge >= 0.3 is 0 Å². The summed E-state index contributed by atoms with van der Waals surface area (Å²) in [5.41, 5.74) is 2.74. The fraction of sp³-hybridized carbons (Fsp3) is 0.409. The minimum Gasteiger partial charge on any atom is -0.445 e. The predicted molar refractivity (Wildman–Crippen MR) is 106 cm³/mol. The van der Waals surface area contributed by atoms with Gasteiger partial charge in [-0.2, -0.15) is 5.10 Å². The van der Waals surface area contributed by atoms with Crippen LogP contribution in [0.1, 0.15) is 47.4 Å². The van der Waals surface area contributed by atoms with Crippen molar-refractivity contribution in [3.05, 3.63) is 70.9 Å². The van der Waals surface area contributed by atoms with E-state index in [2.05, 4.69) is 10.1 Å². The fourth-order valence-electron chi connectivity index (χ4n) is 3.91. The Morgan fingerprint density at radius 2 is 2.17 bits per heavy atom. The molecule has 4 rings (SSSR count). The minimum atomic E-state index is -0.258. The fourth-order valence-corrected chi connectivity index (χ4v) is 3.91. The van der Waals surface area contributed by atoms with Crippen molar-refractivity contribution in [2.75, 3.05) is 13.1 Å². The van der Waals surface area contributed by atoms with Crippen molar-refractivity contribution in [2.45, 2.75) is 45.6 Å². The summed E-state index contributed by atoms with van der Waals surface area (Å²) >= 11 is 0. The van der Waals surface area contributed by atoms with Crippen molar-refractivity contribution in [1.82, 2.24) is 19.7 Å². The molecular formula is C22H25FN4O2. The number of carbonyl (C=O) groups excluding carboxylic acids is 1. The van der Waals surface area contributed by atoms with Crippen LogP contribution in [0, 0.1) is 19.7 Å². The van der Waals surface area contributed by atoms with Gasteiger partial charge < -0.3 is 9.32 Å². The number of amides is 1. The van der Waals surface area contributed by atoms with Crippen LogP contribution < -0.4 is 0 Å². The molecule has 152 valence electrons. The van der Waals surface area contributed by atoms with E-state index in [9.17, 15) is 9.18 Å². The molecule has 7 heteroatoms. The number of oxazole rings is 1. The van der Waals surface area contributed by atoms with Crippen molar-refractivity contribution in [2.24, 2.45) is 0 Å². The maximum atomic E-state index is 13.4. The first-order valence-corrected chi connectivity index (χ1v) is 9.96. The highest BCUT2D eigenvalue weighted by atomic mass is 19.1. The molecule has 3 aromatic rings. The number of carbonyl (C=O) groups is 1. The molecule has 3 heterocycles. The lowest BCUT2D eigenvalue weighted by atomic mass is 9.98. The number of hydrogen-bond acceptors (Lipinski definition) is 4. The van der Waals surface area contributed by atoms with Crippen molar-refractivity contribution < 1.29 is 13.6 Å². The van der Waals surface area contributed by atoms with Gasteiger partial charge in [0.05, 0.1) is 17.8 Å². The van der Waals surface area contributed by atoms with Gasteiger partial charge in [0.2, 0.25) is 5.91 Å². The van der Waals surface area contributed by atoms with Crippen LogP contribution in [0.2, 0.25) is 0 Å². The van der Waals surface area contributed by atoms with Gasteiger partial charge in [0.1, 0.15) is 18.1 Å². The van der Waals surface area contributed by atoms with Crippen LogP contribution in [0.4, 0.5) is 4.39 Å². The van der Waals surface area contributed by atoms with Gasteiger partial charge in [-0.3, -0.25) is 9.48 Å². The maximum absolute atomic E-state index is 13.4. The van der Waals surface area contributed by atoms with Gasteiger partial charge in [0.25, 0.3) is 0 Å². The minimum absolute atomic E-state index is 0.0624. The summed E-state index contributed by atoms with van der Waals surface area (Å²) < 4.78 is 21.1. The standard InChI is InChI=1S/C22H25FN4O2/c1-15-9-16(2)27(25-15)14-21(28)26-8-4-6-18(13-26)22-24-12-20(29-22)11-17-5-3-7-19(23)10-17/h3,5,7,9-10,12,18H,4,6,8,11,13-14H2,1-2H3. The van der Waals surface area contributed by atoms with Gasteiger partial charge in [-0.15, -0.1) is 0 Å². The lowest BCUT2D eigenvalue weighted by Gasteiger charge is -2.31. The number of aryl methyl sites for hydroxylation is 2. The molecule has 1 unspecified atom stereocenters. The summed E-state index contributed by atoms with van der Waals surface area (Å²) in [5, 5.41) is 4.38. The zero-order valence-corrected chi connectivity index (χ0v) is 16.8. The van der Waals surface area contributed by atoms with Gasteiger partial charge in [0.15, 0.2) is 5.89 Å². The Bertz CT molecular complexity index is 1010. The van der Waals surface area contributed by atoms with E-state index in [1.54, 1.807) is 16.9 Å². The largest absolute Gasteiger partial charge is 0.445 e. The molecule has 0 aliphatic carbocycles. The van der Waals surface area contributed by atoms with E-state index in [1.165, 1.54) is 12.1 Å². The Hall–Kier alpha value is -2.96. The normalized spacial score (nSPS) is 16.9. The Labute approximate surface area is 169 Å². The van der Waals surface area contributed by atoms with Crippen molar-refractivity contribution >= 4 is 5.91 Å². The smallest absolute Gasteiger partial charge is 0.244 e.